The quantitative estimate of drug-likeness (QED) is 0.474. The first-order chi connectivity index (χ1) is 8.86. The van der Waals surface area contributed by atoms with Crippen LogP contribution >= 0.6 is 11.8 Å². The molecule has 0 radical (unpaired) electrons. The fourth-order valence-electron chi connectivity index (χ4n) is 1.94. The fourth-order valence-corrected chi connectivity index (χ4v) is 2.85. The van der Waals surface area contributed by atoms with Gasteiger partial charge in [-0.1, -0.05) is 57.6 Å². The van der Waals surface area contributed by atoms with Crippen molar-refractivity contribution in [3.05, 3.63) is 29.8 Å². The molecule has 0 atom stereocenters. The van der Waals surface area contributed by atoms with Gasteiger partial charge in [-0.15, -0.1) is 11.8 Å². The van der Waals surface area contributed by atoms with E-state index in [0.717, 1.165) is 5.56 Å². The number of hydrogen-bond acceptors (Lipinski definition) is 2. The van der Waals surface area contributed by atoms with Crippen LogP contribution in [-0.2, 0) is 6.61 Å². The van der Waals surface area contributed by atoms with Crippen molar-refractivity contribution < 1.29 is 5.11 Å². The Bertz CT molecular complexity index is 294. The van der Waals surface area contributed by atoms with Crippen LogP contribution in [0.3, 0.4) is 0 Å². The summed E-state index contributed by atoms with van der Waals surface area (Å²) in [7, 11) is 0. The molecule has 0 aliphatic heterocycles. The Morgan fingerprint density at radius 1 is 0.889 bits per heavy atom. The zero-order valence-corrected chi connectivity index (χ0v) is 12.3. The molecule has 0 amide bonds. The van der Waals surface area contributed by atoms with Gasteiger partial charge >= 0.3 is 0 Å². The van der Waals surface area contributed by atoms with Crippen LogP contribution in [0.15, 0.2) is 29.2 Å². The van der Waals surface area contributed by atoms with E-state index in [4.69, 9.17) is 5.11 Å². The van der Waals surface area contributed by atoms with Gasteiger partial charge in [-0.25, -0.2) is 0 Å². The van der Waals surface area contributed by atoms with Gasteiger partial charge in [0, 0.05) is 4.90 Å². The van der Waals surface area contributed by atoms with Gasteiger partial charge in [-0.2, -0.15) is 0 Å². The van der Waals surface area contributed by atoms with Gasteiger partial charge in [-0.05, 0) is 29.9 Å². The normalized spacial score (nSPS) is 10.8. The van der Waals surface area contributed by atoms with E-state index < -0.39 is 0 Å². The molecule has 0 aliphatic rings. The average molecular weight is 266 g/mol. The van der Waals surface area contributed by atoms with Crippen LogP contribution in [0.5, 0.6) is 0 Å². The standard InChI is InChI=1S/C16H26OS/c1-2-3-4-5-6-7-8-13-18-16-11-9-15(14-17)10-12-16/h9-12,17H,2-8,13-14H2,1H3. The number of unbranched alkanes of at least 4 members (excludes halogenated alkanes) is 6. The fraction of sp³-hybridized carbons (Fsp3) is 0.625. The number of benzene rings is 1. The first-order valence-electron chi connectivity index (χ1n) is 7.19. The number of aliphatic hydroxyl groups is 1. The maximum Gasteiger partial charge on any atom is 0.0681 e. The maximum atomic E-state index is 8.96. The second-order valence-electron chi connectivity index (χ2n) is 4.77. The molecule has 1 aromatic carbocycles. The average Bonchev–Trinajstić information content (AvgIpc) is 2.42. The van der Waals surface area contributed by atoms with E-state index in [2.05, 4.69) is 19.1 Å². The Labute approximate surface area is 116 Å². The smallest absolute Gasteiger partial charge is 0.0681 e. The summed E-state index contributed by atoms with van der Waals surface area (Å²) in [6, 6.07) is 8.23. The summed E-state index contributed by atoms with van der Waals surface area (Å²) < 4.78 is 0. The van der Waals surface area contributed by atoms with Crippen LogP contribution in [0.1, 0.15) is 57.4 Å². The van der Waals surface area contributed by atoms with Crippen molar-refractivity contribution in [2.75, 3.05) is 5.75 Å². The molecule has 1 nitrogen and oxygen atoms in total. The molecule has 0 aromatic heterocycles. The Morgan fingerprint density at radius 2 is 1.50 bits per heavy atom. The highest BCUT2D eigenvalue weighted by molar-refractivity contribution is 7.99. The van der Waals surface area contributed by atoms with Crippen LogP contribution in [0.25, 0.3) is 0 Å². The van der Waals surface area contributed by atoms with E-state index in [1.807, 2.05) is 23.9 Å². The highest BCUT2D eigenvalue weighted by Crippen LogP contribution is 2.20. The van der Waals surface area contributed by atoms with Crippen molar-refractivity contribution in [1.82, 2.24) is 0 Å². The lowest BCUT2D eigenvalue weighted by Crippen LogP contribution is -1.84. The molecule has 1 N–H and O–H groups in total. The third-order valence-corrected chi connectivity index (χ3v) is 4.22. The lowest BCUT2D eigenvalue weighted by Gasteiger charge is -2.03. The van der Waals surface area contributed by atoms with Crippen molar-refractivity contribution in [2.45, 2.75) is 63.4 Å². The van der Waals surface area contributed by atoms with Gasteiger partial charge in [0.1, 0.15) is 0 Å². The number of hydrogen-bond donors (Lipinski definition) is 1. The highest BCUT2D eigenvalue weighted by atomic mass is 32.2. The Morgan fingerprint density at radius 3 is 2.11 bits per heavy atom. The minimum absolute atomic E-state index is 0.142. The van der Waals surface area contributed by atoms with Crippen molar-refractivity contribution >= 4 is 11.8 Å². The third kappa shape index (κ3) is 7.07. The van der Waals surface area contributed by atoms with Crippen LogP contribution in [-0.4, -0.2) is 10.9 Å². The number of rotatable bonds is 10. The minimum Gasteiger partial charge on any atom is -0.392 e. The molecule has 1 aromatic rings. The number of thioether (sulfide) groups is 1. The largest absolute Gasteiger partial charge is 0.392 e. The van der Waals surface area contributed by atoms with E-state index in [0.29, 0.717) is 0 Å². The van der Waals surface area contributed by atoms with E-state index >= 15 is 0 Å². The molecular formula is C16H26OS. The predicted octanol–water partition coefficient (Wildman–Crippen LogP) is 5.02. The monoisotopic (exact) mass is 266 g/mol. The molecule has 0 unspecified atom stereocenters. The molecule has 0 spiro atoms. The zero-order chi connectivity index (χ0) is 13.1. The first-order valence-corrected chi connectivity index (χ1v) is 8.18. The Kier molecular flexibility index (Phi) is 9.05. The van der Waals surface area contributed by atoms with Gasteiger partial charge in [0.2, 0.25) is 0 Å². The summed E-state index contributed by atoms with van der Waals surface area (Å²) in [5, 5.41) is 8.96. The van der Waals surface area contributed by atoms with E-state index in [9.17, 15) is 0 Å². The summed E-state index contributed by atoms with van der Waals surface area (Å²) in [6.07, 6.45) is 9.62. The van der Waals surface area contributed by atoms with Crippen molar-refractivity contribution in [1.29, 1.82) is 0 Å². The molecule has 102 valence electrons. The van der Waals surface area contributed by atoms with Crippen molar-refractivity contribution in [2.24, 2.45) is 0 Å². The molecule has 0 saturated carbocycles. The molecule has 0 fully saturated rings. The summed E-state index contributed by atoms with van der Waals surface area (Å²) in [5.41, 5.74) is 0.996. The molecule has 0 saturated heterocycles. The van der Waals surface area contributed by atoms with Gasteiger partial charge in [0.15, 0.2) is 0 Å². The SMILES string of the molecule is CCCCCCCCCSc1ccc(CO)cc1. The number of aliphatic hydroxyl groups excluding tert-OH is 1. The van der Waals surface area contributed by atoms with Gasteiger partial charge in [0.25, 0.3) is 0 Å². The summed E-state index contributed by atoms with van der Waals surface area (Å²) in [5.74, 6) is 1.21. The summed E-state index contributed by atoms with van der Waals surface area (Å²) in [6.45, 7) is 2.40. The lowest BCUT2D eigenvalue weighted by atomic mass is 10.1. The zero-order valence-electron chi connectivity index (χ0n) is 11.5. The molecule has 18 heavy (non-hydrogen) atoms. The molecule has 0 bridgehead atoms. The molecular weight excluding hydrogens is 240 g/mol. The Hall–Kier alpha value is -0.470. The van der Waals surface area contributed by atoms with Crippen LogP contribution < -0.4 is 0 Å². The lowest BCUT2D eigenvalue weighted by molar-refractivity contribution is 0.282. The van der Waals surface area contributed by atoms with Crippen molar-refractivity contribution in [3.63, 3.8) is 0 Å². The van der Waals surface area contributed by atoms with E-state index in [1.165, 1.54) is 55.6 Å². The van der Waals surface area contributed by atoms with Crippen molar-refractivity contribution in [3.8, 4) is 0 Å². The van der Waals surface area contributed by atoms with Gasteiger partial charge in [0.05, 0.1) is 6.61 Å². The highest BCUT2D eigenvalue weighted by Gasteiger charge is 1.96. The van der Waals surface area contributed by atoms with Crippen LogP contribution in [0.4, 0.5) is 0 Å². The topological polar surface area (TPSA) is 20.2 Å². The predicted molar refractivity (Wildman–Crippen MR) is 81.1 cm³/mol. The van der Waals surface area contributed by atoms with E-state index in [1.54, 1.807) is 0 Å². The second-order valence-corrected chi connectivity index (χ2v) is 5.94. The van der Waals surface area contributed by atoms with Crippen LogP contribution in [0.2, 0.25) is 0 Å². The van der Waals surface area contributed by atoms with Crippen LogP contribution in [0, 0.1) is 0 Å². The first kappa shape index (κ1) is 15.6. The molecule has 0 heterocycles. The maximum absolute atomic E-state index is 8.96. The Balaban J connectivity index is 2.00. The van der Waals surface area contributed by atoms with E-state index in [-0.39, 0.29) is 6.61 Å². The third-order valence-electron chi connectivity index (χ3n) is 3.12. The molecule has 2 heteroatoms. The van der Waals surface area contributed by atoms with Gasteiger partial charge < -0.3 is 5.11 Å². The van der Waals surface area contributed by atoms with Gasteiger partial charge in [-0.3, -0.25) is 0 Å². The molecule has 1 rings (SSSR count). The molecule has 0 aliphatic carbocycles. The second kappa shape index (κ2) is 10.5. The minimum atomic E-state index is 0.142. The summed E-state index contributed by atoms with van der Waals surface area (Å²) >= 11 is 1.93. The summed E-state index contributed by atoms with van der Waals surface area (Å²) in [4.78, 5) is 1.32.